The highest BCUT2D eigenvalue weighted by Crippen LogP contribution is 2.49. The molecule has 4 rings (SSSR count). The van der Waals surface area contributed by atoms with E-state index >= 15 is 0 Å². The number of rotatable bonds is 2. The van der Waals surface area contributed by atoms with Crippen LogP contribution in [0.2, 0.25) is 0 Å². The summed E-state index contributed by atoms with van der Waals surface area (Å²) >= 11 is 1.74. The highest BCUT2D eigenvalue weighted by Gasteiger charge is 2.25. The summed E-state index contributed by atoms with van der Waals surface area (Å²) in [6.45, 7) is 10.6. The lowest BCUT2D eigenvalue weighted by molar-refractivity contribution is 0.818. The van der Waals surface area contributed by atoms with E-state index in [0.29, 0.717) is 0 Å². The first kappa shape index (κ1) is 16.1. The van der Waals surface area contributed by atoms with Crippen LogP contribution in [0.25, 0.3) is 28.0 Å². The largest absolute Gasteiger partial charge is 0.354 e. The molecule has 3 N–H and O–H groups in total. The van der Waals surface area contributed by atoms with Crippen LogP contribution >= 0.6 is 11.3 Å². The van der Waals surface area contributed by atoms with Crippen molar-refractivity contribution >= 4 is 22.7 Å². The number of aryl methyl sites for hydroxylation is 2. The van der Waals surface area contributed by atoms with Gasteiger partial charge in [-0.1, -0.05) is 36.9 Å². The van der Waals surface area contributed by atoms with E-state index in [4.69, 9.17) is 5.73 Å². The first-order valence-corrected chi connectivity index (χ1v) is 9.39. The molecule has 25 heavy (non-hydrogen) atoms. The second-order valence-electron chi connectivity index (χ2n) is 6.81. The van der Waals surface area contributed by atoms with Crippen molar-refractivity contribution in [3.05, 3.63) is 69.9 Å². The molecule has 1 aromatic heterocycles. The van der Waals surface area contributed by atoms with E-state index in [1.807, 2.05) is 6.92 Å². The maximum atomic E-state index is 6.01. The fourth-order valence-electron chi connectivity index (χ4n) is 3.69. The second-order valence-corrected chi connectivity index (χ2v) is 7.73. The van der Waals surface area contributed by atoms with Crippen LogP contribution in [0.1, 0.15) is 34.5 Å². The van der Waals surface area contributed by atoms with Gasteiger partial charge in [0.25, 0.3) is 0 Å². The molecule has 3 heteroatoms. The van der Waals surface area contributed by atoms with Gasteiger partial charge in [-0.05, 0) is 60.0 Å². The molecular formula is C22H22N2S. The van der Waals surface area contributed by atoms with Crippen molar-refractivity contribution in [1.82, 2.24) is 0 Å². The number of thiophene rings is 1. The van der Waals surface area contributed by atoms with Crippen LogP contribution in [0.15, 0.2) is 48.4 Å². The molecule has 2 nitrogen and oxygen atoms in total. The Balaban J connectivity index is 1.99. The molecule has 1 aliphatic rings. The Labute approximate surface area is 153 Å². The average molecular weight is 346 g/mol. The maximum Gasteiger partial charge on any atom is 0.0578 e. The van der Waals surface area contributed by atoms with Crippen molar-refractivity contribution in [2.45, 2.75) is 26.8 Å². The summed E-state index contributed by atoms with van der Waals surface area (Å²) in [6, 6.07) is 13.2. The quantitative estimate of drug-likeness (QED) is 0.587. The van der Waals surface area contributed by atoms with Crippen LogP contribution in [0.4, 0.5) is 5.69 Å². The van der Waals surface area contributed by atoms with Gasteiger partial charge in [-0.2, -0.15) is 0 Å². The molecule has 1 atom stereocenters. The van der Waals surface area contributed by atoms with E-state index in [0.717, 1.165) is 11.3 Å². The lowest BCUT2D eigenvalue weighted by Gasteiger charge is -2.26. The molecule has 0 fully saturated rings. The van der Waals surface area contributed by atoms with Crippen molar-refractivity contribution < 1.29 is 0 Å². The first-order valence-electron chi connectivity index (χ1n) is 8.51. The molecule has 1 aliphatic heterocycles. The second kappa shape index (κ2) is 5.87. The Bertz CT molecular complexity index is 978. The zero-order valence-electron chi connectivity index (χ0n) is 14.8. The van der Waals surface area contributed by atoms with E-state index in [9.17, 15) is 0 Å². The fraction of sp³-hybridized carbons (Fsp3) is 0.182. The molecule has 0 saturated carbocycles. The van der Waals surface area contributed by atoms with E-state index in [1.165, 1.54) is 43.9 Å². The normalized spacial score (nSPS) is 13.8. The minimum atomic E-state index is 0.0514. The molecule has 0 aliphatic carbocycles. The lowest BCUT2D eigenvalue weighted by atomic mass is 9.85. The number of nitrogens with two attached hydrogens (primary N) is 1. The molecule has 126 valence electrons. The minimum absolute atomic E-state index is 0.0514. The van der Waals surface area contributed by atoms with Gasteiger partial charge in [0.2, 0.25) is 0 Å². The Morgan fingerprint density at radius 2 is 1.76 bits per heavy atom. The Hall–Kier alpha value is -2.36. The van der Waals surface area contributed by atoms with Gasteiger partial charge in [-0.25, -0.2) is 0 Å². The first-order chi connectivity index (χ1) is 12.0. The predicted molar refractivity (Wildman–Crippen MR) is 110 cm³/mol. The maximum absolute atomic E-state index is 6.01. The van der Waals surface area contributed by atoms with Crippen molar-refractivity contribution in [3.8, 4) is 22.3 Å². The van der Waals surface area contributed by atoms with E-state index in [2.05, 4.69) is 67.5 Å². The van der Waals surface area contributed by atoms with Crippen molar-refractivity contribution in [3.63, 3.8) is 0 Å². The van der Waals surface area contributed by atoms with Gasteiger partial charge in [0, 0.05) is 22.9 Å². The average Bonchev–Trinajstić information content (AvgIpc) is 3.07. The molecule has 0 bridgehead atoms. The lowest BCUT2D eigenvalue weighted by Crippen LogP contribution is -2.08. The van der Waals surface area contributed by atoms with Crippen LogP contribution < -0.4 is 11.1 Å². The Morgan fingerprint density at radius 1 is 1.04 bits per heavy atom. The van der Waals surface area contributed by atoms with Crippen molar-refractivity contribution in [2.75, 3.05) is 5.32 Å². The van der Waals surface area contributed by atoms with Gasteiger partial charge in [-0.15, -0.1) is 11.3 Å². The third-order valence-corrected chi connectivity index (χ3v) is 5.91. The van der Waals surface area contributed by atoms with Crippen LogP contribution in [-0.4, -0.2) is 0 Å². The number of fused-ring (bicyclic) bond motifs is 3. The highest BCUT2D eigenvalue weighted by molar-refractivity contribution is 7.11. The predicted octanol–water partition coefficient (Wildman–Crippen LogP) is 6.11. The summed E-state index contributed by atoms with van der Waals surface area (Å²) in [6.07, 6.45) is 0. The van der Waals surface area contributed by atoms with Crippen LogP contribution in [0.5, 0.6) is 0 Å². The smallest absolute Gasteiger partial charge is 0.0578 e. The van der Waals surface area contributed by atoms with Crippen LogP contribution in [0.3, 0.4) is 0 Å². The molecule has 0 saturated heterocycles. The van der Waals surface area contributed by atoms with E-state index in [1.54, 1.807) is 11.3 Å². The summed E-state index contributed by atoms with van der Waals surface area (Å²) in [7, 11) is 0. The van der Waals surface area contributed by atoms with E-state index in [-0.39, 0.29) is 6.04 Å². The number of hydrogen-bond acceptors (Lipinski definition) is 3. The van der Waals surface area contributed by atoms with Gasteiger partial charge < -0.3 is 11.1 Å². The number of anilines is 1. The van der Waals surface area contributed by atoms with Gasteiger partial charge in [-0.3, -0.25) is 0 Å². The highest BCUT2D eigenvalue weighted by atomic mass is 32.1. The fourth-order valence-corrected chi connectivity index (χ4v) is 4.52. The summed E-state index contributed by atoms with van der Waals surface area (Å²) in [4.78, 5) is 1.23. The molecule has 2 heterocycles. The molecule has 3 aromatic rings. The topological polar surface area (TPSA) is 38.0 Å². The Kier molecular flexibility index (Phi) is 3.78. The molecular weight excluding hydrogens is 324 g/mol. The van der Waals surface area contributed by atoms with Gasteiger partial charge in [0.15, 0.2) is 0 Å². The monoisotopic (exact) mass is 346 g/mol. The molecule has 1 unspecified atom stereocenters. The molecule has 2 aromatic carbocycles. The van der Waals surface area contributed by atoms with Crippen LogP contribution in [0, 0.1) is 13.8 Å². The summed E-state index contributed by atoms with van der Waals surface area (Å²) < 4.78 is 0. The molecule has 0 amide bonds. The van der Waals surface area contributed by atoms with Crippen LogP contribution in [-0.2, 0) is 0 Å². The standard InChI is InChI=1S/C22H22N2S/c1-12-11-13(2)21-20(18-9-10-25-22(18)15(4)24-21)19(12)17-7-5-16(6-8-17)14(3)23/h5-11,14,24H,4,23H2,1-3H3. The van der Waals surface area contributed by atoms with E-state index < -0.39 is 0 Å². The third kappa shape index (κ3) is 2.51. The van der Waals surface area contributed by atoms with Crippen molar-refractivity contribution in [1.29, 1.82) is 0 Å². The zero-order valence-corrected chi connectivity index (χ0v) is 15.6. The van der Waals surface area contributed by atoms with Crippen molar-refractivity contribution in [2.24, 2.45) is 5.73 Å². The molecule has 0 spiro atoms. The zero-order chi connectivity index (χ0) is 17.7. The number of hydrogen-bond donors (Lipinski definition) is 2. The van der Waals surface area contributed by atoms with Gasteiger partial charge >= 0.3 is 0 Å². The Morgan fingerprint density at radius 3 is 2.44 bits per heavy atom. The SMILES string of the molecule is C=C1Nc2c(C)cc(C)c(-c3ccc(C(C)N)cc3)c2-c2ccsc21. The van der Waals surface area contributed by atoms with Gasteiger partial charge in [0.05, 0.1) is 10.6 Å². The number of benzene rings is 2. The number of nitrogens with one attached hydrogen (secondary N) is 1. The summed E-state index contributed by atoms with van der Waals surface area (Å²) in [5.41, 5.74) is 16.9. The minimum Gasteiger partial charge on any atom is -0.354 e. The molecule has 0 radical (unpaired) electrons. The van der Waals surface area contributed by atoms with Gasteiger partial charge in [0.1, 0.15) is 0 Å². The third-order valence-electron chi connectivity index (χ3n) is 4.93. The summed E-state index contributed by atoms with van der Waals surface area (Å²) in [5.74, 6) is 0. The summed E-state index contributed by atoms with van der Waals surface area (Å²) in [5, 5.41) is 5.68.